The number of pyridine rings is 1. The molecule has 1 heterocycles. The average Bonchev–Trinajstić information content (AvgIpc) is 3.23. The average molecular weight is 246 g/mol. The van der Waals surface area contributed by atoms with Crippen molar-refractivity contribution < 1.29 is 0 Å². The number of nitrogens with zero attached hydrogens (tertiary/aromatic N) is 1. The fourth-order valence-corrected chi connectivity index (χ4v) is 2.53. The maximum absolute atomic E-state index is 4.64. The number of hydrogen-bond donors (Lipinski definition) is 1. The molecule has 0 bridgehead atoms. The van der Waals surface area contributed by atoms with Gasteiger partial charge in [-0.05, 0) is 49.8 Å². The van der Waals surface area contributed by atoms with Crippen LogP contribution in [0.4, 0.5) is 0 Å². The molecule has 1 aromatic heterocycles. The van der Waals surface area contributed by atoms with Gasteiger partial charge in [0.2, 0.25) is 0 Å². The minimum absolute atomic E-state index is 0.460. The van der Waals surface area contributed by atoms with Crippen LogP contribution in [-0.2, 0) is 6.42 Å². The third-order valence-electron chi connectivity index (χ3n) is 3.84. The monoisotopic (exact) mass is 246 g/mol. The van der Waals surface area contributed by atoms with Gasteiger partial charge in [-0.1, -0.05) is 32.8 Å². The van der Waals surface area contributed by atoms with Crippen molar-refractivity contribution in [2.45, 2.75) is 58.4 Å². The third-order valence-corrected chi connectivity index (χ3v) is 3.84. The Morgan fingerprint density at radius 3 is 2.89 bits per heavy atom. The Morgan fingerprint density at radius 1 is 1.39 bits per heavy atom. The fourth-order valence-electron chi connectivity index (χ4n) is 2.53. The molecular formula is C16H26N2. The van der Waals surface area contributed by atoms with Gasteiger partial charge in [-0.15, -0.1) is 0 Å². The van der Waals surface area contributed by atoms with E-state index in [0.29, 0.717) is 6.04 Å². The largest absolute Gasteiger partial charge is 0.309 e. The zero-order valence-electron chi connectivity index (χ0n) is 11.8. The normalized spacial score (nSPS) is 16.8. The van der Waals surface area contributed by atoms with Crippen molar-refractivity contribution in [2.24, 2.45) is 5.92 Å². The molecule has 1 N–H and O–H groups in total. The van der Waals surface area contributed by atoms with Gasteiger partial charge in [-0.25, -0.2) is 0 Å². The summed E-state index contributed by atoms with van der Waals surface area (Å²) in [5.41, 5.74) is 2.69. The molecule has 1 aromatic rings. The van der Waals surface area contributed by atoms with Crippen molar-refractivity contribution >= 4 is 0 Å². The van der Waals surface area contributed by atoms with Crippen molar-refractivity contribution in [3.05, 3.63) is 29.6 Å². The molecule has 0 aliphatic heterocycles. The SMILES string of the molecule is CCCNC(CCC1CC1)c1ncccc1CC. The zero-order valence-corrected chi connectivity index (χ0v) is 11.8. The highest BCUT2D eigenvalue weighted by atomic mass is 14.9. The van der Waals surface area contributed by atoms with E-state index in [1.807, 2.05) is 6.20 Å². The van der Waals surface area contributed by atoms with Gasteiger partial charge in [0.1, 0.15) is 0 Å². The maximum atomic E-state index is 4.64. The first-order valence-electron chi connectivity index (χ1n) is 7.52. The lowest BCUT2D eigenvalue weighted by Crippen LogP contribution is -2.24. The Bertz CT molecular complexity index is 358. The molecule has 0 spiro atoms. The maximum Gasteiger partial charge on any atom is 0.0604 e. The smallest absolute Gasteiger partial charge is 0.0604 e. The Kier molecular flexibility index (Phi) is 5.18. The number of rotatable bonds is 8. The van der Waals surface area contributed by atoms with E-state index in [1.54, 1.807) is 0 Å². The van der Waals surface area contributed by atoms with Gasteiger partial charge in [-0.2, -0.15) is 0 Å². The molecule has 0 amide bonds. The highest BCUT2D eigenvalue weighted by molar-refractivity contribution is 5.22. The summed E-state index contributed by atoms with van der Waals surface area (Å²) in [7, 11) is 0. The number of nitrogens with one attached hydrogen (secondary N) is 1. The quantitative estimate of drug-likeness (QED) is 0.753. The van der Waals surface area contributed by atoms with E-state index in [1.165, 1.54) is 43.4 Å². The van der Waals surface area contributed by atoms with Crippen LogP contribution >= 0.6 is 0 Å². The highest BCUT2D eigenvalue weighted by Gasteiger charge is 2.24. The molecule has 1 aliphatic carbocycles. The summed E-state index contributed by atoms with van der Waals surface area (Å²) in [6, 6.07) is 4.74. The molecule has 18 heavy (non-hydrogen) atoms. The molecule has 1 saturated carbocycles. The summed E-state index contributed by atoms with van der Waals surface area (Å²) in [4.78, 5) is 4.64. The molecule has 2 heteroatoms. The van der Waals surface area contributed by atoms with Crippen LogP contribution in [0.2, 0.25) is 0 Å². The molecule has 1 fully saturated rings. The lowest BCUT2D eigenvalue weighted by atomic mass is 9.99. The van der Waals surface area contributed by atoms with Gasteiger partial charge in [0, 0.05) is 12.2 Å². The van der Waals surface area contributed by atoms with E-state index in [-0.39, 0.29) is 0 Å². The van der Waals surface area contributed by atoms with Gasteiger partial charge in [0.05, 0.1) is 5.69 Å². The Labute approximate surface area is 111 Å². The van der Waals surface area contributed by atoms with Crippen LogP contribution in [0, 0.1) is 5.92 Å². The van der Waals surface area contributed by atoms with Crippen LogP contribution in [0.5, 0.6) is 0 Å². The van der Waals surface area contributed by atoms with Crippen molar-refractivity contribution in [1.82, 2.24) is 10.3 Å². The molecule has 2 nitrogen and oxygen atoms in total. The molecule has 1 aliphatic rings. The second-order valence-electron chi connectivity index (χ2n) is 5.43. The van der Waals surface area contributed by atoms with Crippen molar-refractivity contribution in [2.75, 3.05) is 6.54 Å². The van der Waals surface area contributed by atoms with E-state index in [0.717, 1.165) is 18.9 Å². The first kappa shape index (κ1) is 13.5. The number of aromatic nitrogens is 1. The van der Waals surface area contributed by atoms with Gasteiger partial charge in [0.25, 0.3) is 0 Å². The molecule has 100 valence electrons. The molecule has 2 rings (SSSR count). The van der Waals surface area contributed by atoms with Crippen LogP contribution in [0.25, 0.3) is 0 Å². The standard InChI is InChI=1S/C16H26N2/c1-3-11-17-15(10-9-13-7-8-13)16-14(4-2)6-5-12-18-16/h5-6,12-13,15,17H,3-4,7-11H2,1-2H3. The van der Waals surface area contributed by atoms with Crippen LogP contribution in [-0.4, -0.2) is 11.5 Å². The topological polar surface area (TPSA) is 24.9 Å². The lowest BCUT2D eigenvalue weighted by molar-refractivity contribution is 0.458. The first-order valence-corrected chi connectivity index (χ1v) is 7.52. The summed E-state index contributed by atoms with van der Waals surface area (Å²) < 4.78 is 0. The van der Waals surface area contributed by atoms with E-state index >= 15 is 0 Å². The number of hydrogen-bond acceptors (Lipinski definition) is 2. The van der Waals surface area contributed by atoms with Gasteiger partial charge < -0.3 is 5.32 Å². The Hall–Kier alpha value is -0.890. The highest BCUT2D eigenvalue weighted by Crippen LogP contribution is 2.36. The minimum atomic E-state index is 0.460. The molecule has 0 aromatic carbocycles. The fraction of sp³-hybridized carbons (Fsp3) is 0.688. The Balaban J connectivity index is 2.04. The summed E-state index contributed by atoms with van der Waals surface area (Å²) >= 11 is 0. The Morgan fingerprint density at radius 2 is 2.22 bits per heavy atom. The van der Waals surface area contributed by atoms with Crippen LogP contribution in [0.15, 0.2) is 18.3 Å². The lowest BCUT2D eigenvalue weighted by Gasteiger charge is -2.20. The zero-order chi connectivity index (χ0) is 12.8. The van der Waals surface area contributed by atoms with Crippen molar-refractivity contribution in [3.63, 3.8) is 0 Å². The van der Waals surface area contributed by atoms with Crippen LogP contribution in [0.1, 0.15) is 63.3 Å². The minimum Gasteiger partial charge on any atom is -0.309 e. The molecular weight excluding hydrogens is 220 g/mol. The van der Waals surface area contributed by atoms with Crippen LogP contribution < -0.4 is 5.32 Å². The second kappa shape index (κ2) is 6.89. The summed E-state index contributed by atoms with van der Waals surface area (Å²) in [5.74, 6) is 1.00. The van der Waals surface area contributed by atoms with Crippen molar-refractivity contribution in [1.29, 1.82) is 0 Å². The van der Waals surface area contributed by atoms with E-state index in [4.69, 9.17) is 0 Å². The third kappa shape index (κ3) is 3.81. The second-order valence-corrected chi connectivity index (χ2v) is 5.43. The molecule has 1 atom stereocenters. The number of aryl methyl sites for hydroxylation is 1. The first-order chi connectivity index (χ1) is 8.85. The van der Waals surface area contributed by atoms with Gasteiger partial charge in [-0.3, -0.25) is 4.98 Å². The van der Waals surface area contributed by atoms with Crippen molar-refractivity contribution in [3.8, 4) is 0 Å². The van der Waals surface area contributed by atoms with Gasteiger partial charge >= 0.3 is 0 Å². The predicted octanol–water partition coefficient (Wildman–Crippen LogP) is 3.87. The summed E-state index contributed by atoms with van der Waals surface area (Å²) in [6.45, 7) is 5.54. The molecule has 0 saturated heterocycles. The molecule has 0 radical (unpaired) electrons. The predicted molar refractivity (Wildman–Crippen MR) is 76.6 cm³/mol. The molecule has 1 unspecified atom stereocenters. The van der Waals surface area contributed by atoms with Gasteiger partial charge in [0.15, 0.2) is 0 Å². The van der Waals surface area contributed by atoms with E-state index < -0.39 is 0 Å². The summed E-state index contributed by atoms with van der Waals surface area (Å²) in [5, 5.41) is 3.68. The van der Waals surface area contributed by atoms with E-state index in [2.05, 4.69) is 36.3 Å². The van der Waals surface area contributed by atoms with Crippen LogP contribution in [0.3, 0.4) is 0 Å². The summed E-state index contributed by atoms with van der Waals surface area (Å²) in [6.07, 6.45) is 9.71. The van der Waals surface area contributed by atoms with E-state index in [9.17, 15) is 0 Å².